The van der Waals surface area contributed by atoms with Crippen LogP contribution in [0.15, 0.2) is 78.4 Å². The van der Waals surface area contributed by atoms with Gasteiger partial charge in [-0.25, -0.2) is 4.79 Å². The minimum Gasteiger partial charge on any atom is -0.493 e. The molecule has 0 aliphatic carbocycles. The zero-order valence-corrected chi connectivity index (χ0v) is 18.8. The van der Waals surface area contributed by atoms with Crippen LogP contribution in [0, 0.1) is 11.3 Å². The number of methoxy groups -OCH3 is 1. The predicted octanol–water partition coefficient (Wildman–Crippen LogP) is 4.76. The molecule has 0 aliphatic heterocycles. The quantitative estimate of drug-likeness (QED) is 0.355. The molecule has 34 heavy (non-hydrogen) atoms. The molecule has 7 heteroatoms. The Morgan fingerprint density at radius 1 is 1.06 bits per heavy atom. The van der Waals surface area contributed by atoms with Crippen molar-refractivity contribution in [2.45, 2.75) is 19.6 Å². The van der Waals surface area contributed by atoms with E-state index in [-0.39, 0.29) is 23.8 Å². The number of hydrogen-bond donors (Lipinski definition) is 2. The van der Waals surface area contributed by atoms with E-state index in [2.05, 4.69) is 5.32 Å². The maximum absolute atomic E-state index is 12.6. The Morgan fingerprint density at radius 2 is 1.82 bits per heavy atom. The van der Waals surface area contributed by atoms with Crippen LogP contribution >= 0.6 is 0 Å². The van der Waals surface area contributed by atoms with Gasteiger partial charge in [0, 0.05) is 0 Å². The van der Waals surface area contributed by atoms with E-state index in [4.69, 9.17) is 14.6 Å². The van der Waals surface area contributed by atoms with Crippen LogP contribution in [-0.2, 0) is 11.4 Å². The van der Waals surface area contributed by atoms with Gasteiger partial charge in [-0.2, -0.15) is 5.26 Å². The number of carboxylic acids is 1. The fraction of sp³-hybridized carbons (Fsp3) is 0.148. The highest BCUT2D eigenvalue weighted by atomic mass is 16.5. The fourth-order valence-corrected chi connectivity index (χ4v) is 3.26. The molecule has 0 radical (unpaired) electrons. The molecule has 2 N–H and O–H groups in total. The van der Waals surface area contributed by atoms with Crippen molar-refractivity contribution >= 4 is 18.0 Å². The van der Waals surface area contributed by atoms with Crippen molar-refractivity contribution in [3.05, 3.63) is 101 Å². The van der Waals surface area contributed by atoms with Gasteiger partial charge >= 0.3 is 5.97 Å². The van der Waals surface area contributed by atoms with Crippen LogP contribution in [0.2, 0.25) is 0 Å². The number of rotatable bonds is 9. The molecule has 0 spiro atoms. The first-order valence-corrected chi connectivity index (χ1v) is 10.5. The van der Waals surface area contributed by atoms with Gasteiger partial charge in [0.05, 0.1) is 18.7 Å². The highest BCUT2D eigenvalue weighted by molar-refractivity contribution is 6.01. The number of nitriles is 1. The third kappa shape index (κ3) is 6.24. The summed E-state index contributed by atoms with van der Waals surface area (Å²) < 4.78 is 11.2. The first kappa shape index (κ1) is 24.1. The predicted molar refractivity (Wildman–Crippen MR) is 127 cm³/mol. The van der Waals surface area contributed by atoms with E-state index in [0.717, 1.165) is 5.56 Å². The first-order valence-electron chi connectivity index (χ1n) is 10.5. The van der Waals surface area contributed by atoms with E-state index >= 15 is 0 Å². The van der Waals surface area contributed by atoms with Crippen molar-refractivity contribution < 1.29 is 24.2 Å². The Hall–Kier alpha value is -4.57. The second kappa shape index (κ2) is 11.3. The standard InChI is InChI=1S/C27H24N2O5/c1-18(21-8-4-3-5-9-21)29-26(30)23(16-28)13-19-11-12-24(25(15-19)33-2)34-17-20-7-6-10-22(14-20)27(31)32/h3-15,18H,17H2,1-2H3,(H,29,30)(H,31,32)/b23-13-/t18-/m0/s1. The molecule has 0 unspecified atom stereocenters. The van der Waals surface area contributed by atoms with Gasteiger partial charge in [-0.15, -0.1) is 0 Å². The lowest BCUT2D eigenvalue weighted by molar-refractivity contribution is -0.117. The zero-order chi connectivity index (χ0) is 24.5. The molecule has 172 valence electrons. The van der Waals surface area contributed by atoms with Crippen LogP contribution in [0.1, 0.15) is 40.0 Å². The van der Waals surface area contributed by atoms with Crippen LogP contribution in [0.5, 0.6) is 11.5 Å². The molecule has 0 aromatic heterocycles. The number of carboxylic acid groups (broad SMARTS) is 1. The molecule has 3 aromatic rings. The summed E-state index contributed by atoms with van der Waals surface area (Å²) in [6, 6.07) is 22.7. The fourth-order valence-electron chi connectivity index (χ4n) is 3.26. The van der Waals surface area contributed by atoms with Gasteiger partial charge in [0.2, 0.25) is 0 Å². The average molecular weight is 456 g/mol. The Labute approximate surface area is 197 Å². The number of ether oxygens (including phenoxy) is 2. The molecule has 0 fully saturated rings. The van der Waals surface area contributed by atoms with Crippen molar-refractivity contribution in [3.8, 4) is 17.6 Å². The Morgan fingerprint density at radius 3 is 2.50 bits per heavy atom. The molecule has 0 aliphatic rings. The third-order valence-corrected chi connectivity index (χ3v) is 5.08. The van der Waals surface area contributed by atoms with Gasteiger partial charge in [0.1, 0.15) is 18.2 Å². The number of aromatic carboxylic acids is 1. The summed E-state index contributed by atoms with van der Waals surface area (Å²) in [4.78, 5) is 23.8. The average Bonchev–Trinajstić information content (AvgIpc) is 2.86. The molecule has 3 rings (SSSR count). The van der Waals surface area contributed by atoms with Gasteiger partial charge in [-0.05, 0) is 54.0 Å². The zero-order valence-electron chi connectivity index (χ0n) is 18.8. The lowest BCUT2D eigenvalue weighted by atomic mass is 10.1. The molecule has 7 nitrogen and oxygen atoms in total. The molecule has 0 saturated heterocycles. The topological polar surface area (TPSA) is 109 Å². The monoisotopic (exact) mass is 456 g/mol. The Kier molecular flexibility index (Phi) is 8.03. The van der Waals surface area contributed by atoms with Crippen molar-refractivity contribution in [2.24, 2.45) is 0 Å². The van der Waals surface area contributed by atoms with Crippen molar-refractivity contribution in [1.29, 1.82) is 5.26 Å². The number of carbonyl (C=O) groups excluding carboxylic acids is 1. The summed E-state index contributed by atoms with van der Waals surface area (Å²) >= 11 is 0. The normalized spacial score (nSPS) is 11.7. The molecule has 1 amide bonds. The summed E-state index contributed by atoms with van der Waals surface area (Å²) in [6.07, 6.45) is 1.48. The molecule has 0 saturated carbocycles. The lowest BCUT2D eigenvalue weighted by Gasteiger charge is -2.14. The van der Waals surface area contributed by atoms with Crippen LogP contribution in [-0.4, -0.2) is 24.1 Å². The van der Waals surface area contributed by atoms with E-state index in [1.54, 1.807) is 36.4 Å². The number of hydrogen-bond acceptors (Lipinski definition) is 5. The molecular weight excluding hydrogens is 432 g/mol. The van der Waals surface area contributed by atoms with Crippen molar-refractivity contribution in [3.63, 3.8) is 0 Å². The largest absolute Gasteiger partial charge is 0.493 e. The van der Waals surface area contributed by atoms with Crippen LogP contribution in [0.4, 0.5) is 0 Å². The second-order valence-electron chi connectivity index (χ2n) is 7.48. The lowest BCUT2D eigenvalue weighted by Crippen LogP contribution is -2.27. The van der Waals surface area contributed by atoms with Crippen molar-refractivity contribution in [1.82, 2.24) is 5.32 Å². The number of nitrogens with one attached hydrogen (secondary N) is 1. The van der Waals surface area contributed by atoms with Crippen molar-refractivity contribution in [2.75, 3.05) is 7.11 Å². The highest BCUT2D eigenvalue weighted by Crippen LogP contribution is 2.30. The molecule has 0 heterocycles. The van der Waals surface area contributed by atoms with Gasteiger partial charge < -0.3 is 19.9 Å². The smallest absolute Gasteiger partial charge is 0.335 e. The molecular formula is C27H24N2O5. The third-order valence-electron chi connectivity index (χ3n) is 5.08. The van der Waals surface area contributed by atoms with Crippen LogP contribution in [0.3, 0.4) is 0 Å². The molecule has 1 atom stereocenters. The van der Waals surface area contributed by atoms with Crippen LogP contribution < -0.4 is 14.8 Å². The molecule has 0 bridgehead atoms. The minimum absolute atomic E-state index is 0.0380. The minimum atomic E-state index is -1.01. The van der Waals surface area contributed by atoms with Crippen LogP contribution in [0.25, 0.3) is 6.08 Å². The van der Waals surface area contributed by atoms with Gasteiger partial charge in [-0.1, -0.05) is 48.5 Å². The highest BCUT2D eigenvalue weighted by Gasteiger charge is 2.14. The van der Waals surface area contributed by atoms with Gasteiger partial charge in [-0.3, -0.25) is 4.79 Å². The maximum atomic E-state index is 12.6. The molecule has 3 aromatic carbocycles. The van der Waals surface area contributed by atoms with E-state index in [1.165, 1.54) is 19.3 Å². The summed E-state index contributed by atoms with van der Waals surface area (Å²) in [5.41, 5.74) is 2.37. The summed E-state index contributed by atoms with van der Waals surface area (Å²) in [6.45, 7) is 2.00. The summed E-state index contributed by atoms with van der Waals surface area (Å²) in [5.74, 6) is -0.623. The second-order valence-corrected chi connectivity index (χ2v) is 7.48. The van der Waals surface area contributed by atoms with E-state index in [0.29, 0.717) is 22.6 Å². The Balaban J connectivity index is 1.73. The van der Waals surface area contributed by atoms with E-state index in [9.17, 15) is 14.9 Å². The number of nitrogens with zero attached hydrogens (tertiary/aromatic N) is 1. The van der Waals surface area contributed by atoms with E-state index < -0.39 is 11.9 Å². The number of carbonyl (C=O) groups is 2. The Bertz CT molecular complexity index is 1250. The number of amides is 1. The SMILES string of the molecule is COc1cc(/C=C(/C#N)C(=O)N[C@@H](C)c2ccccc2)ccc1OCc1cccc(C(=O)O)c1. The van der Waals surface area contributed by atoms with Gasteiger partial charge in [0.15, 0.2) is 11.5 Å². The maximum Gasteiger partial charge on any atom is 0.335 e. The first-order chi connectivity index (χ1) is 16.4. The van der Waals surface area contributed by atoms with Gasteiger partial charge in [0.25, 0.3) is 5.91 Å². The summed E-state index contributed by atoms with van der Waals surface area (Å²) in [7, 11) is 1.49. The number of benzene rings is 3. The van der Waals surface area contributed by atoms with E-state index in [1.807, 2.05) is 43.3 Å². The summed E-state index contributed by atoms with van der Waals surface area (Å²) in [5, 5.41) is 21.5.